The van der Waals surface area contributed by atoms with Gasteiger partial charge in [0.1, 0.15) is 10.8 Å². The van der Waals surface area contributed by atoms with Crippen LogP contribution in [-0.2, 0) is 12.8 Å². The molecule has 1 aliphatic carbocycles. The number of carbonyl (C=O) groups excluding carboxylic acids is 2. The number of rotatable bonds is 5. The van der Waals surface area contributed by atoms with E-state index in [4.69, 9.17) is 5.73 Å². The van der Waals surface area contributed by atoms with Crippen LogP contribution >= 0.6 is 11.3 Å². The second kappa shape index (κ2) is 7.43. The minimum Gasteiger partial charge on any atom is -0.365 e. The van der Waals surface area contributed by atoms with Crippen molar-refractivity contribution < 1.29 is 14.0 Å². The Morgan fingerprint density at radius 2 is 1.96 bits per heavy atom. The quantitative estimate of drug-likeness (QED) is 0.774. The maximum atomic E-state index is 13.1. The molecule has 0 saturated carbocycles. The van der Waals surface area contributed by atoms with Gasteiger partial charge in [0.15, 0.2) is 0 Å². The Labute approximate surface area is 163 Å². The van der Waals surface area contributed by atoms with Crippen LogP contribution in [0.5, 0.6) is 0 Å². The third-order valence-corrected chi connectivity index (χ3v) is 7.03. The van der Waals surface area contributed by atoms with Crippen LogP contribution in [0.15, 0.2) is 24.3 Å². The van der Waals surface area contributed by atoms with Gasteiger partial charge in [0.2, 0.25) is 0 Å². The molecule has 1 aliphatic rings. The number of halogens is 1. The maximum Gasteiger partial charge on any atom is 0.256 e. The zero-order valence-electron chi connectivity index (χ0n) is 15.9. The van der Waals surface area contributed by atoms with E-state index in [-0.39, 0.29) is 11.3 Å². The summed E-state index contributed by atoms with van der Waals surface area (Å²) in [5, 5.41) is 3.31. The van der Waals surface area contributed by atoms with Crippen molar-refractivity contribution in [3.8, 4) is 0 Å². The van der Waals surface area contributed by atoms with Gasteiger partial charge in [-0.25, -0.2) is 4.39 Å². The third-order valence-electron chi connectivity index (χ3n) is 5.86. The molecular weight excluding hydrogens is 363 g/mol. The van der Waals surface area contributed by atoms with Crippen LogP contribution < -0.4 is 11.1 Å². The molecule has 0 unspecified atom stereocenters. The number of hydrogen-bond donors (Lipinski definition) is 2. The highest BCUT2D eigenvalue weighted by atomic mass is 32.1. The highest BCUT2D eigenvalue weighted by molar-refractivity contribution is 7.17. The molecule has 144 valence electrons. The number of amides is 2. The molecule has 0 radical (unpaired) electrons. The molecule has 2 aromatic rings. The second-order valence-electron chi connectivity index (χ2n) is 7.82. The molecule has 0 aliphatic heterocycles. The van der Waals surface area contributed by atoms with Gasteiger partial charge in [0.25, 0.3) is 11.8 Å². The molecule has 1 heterocycles. The summed E-state index contributed by atoms with van der Waals surface area (Å²) in [6.45, 7) is 6.76. The van der Waals surface area contributed by atoms with E-state index in [0.717, 1.165) is 36.1 Å². The van der Waals surface area contributed by atoms with Crippen molar-refractivity contribution in [2.45, 2.75) is 46.5 Å². The Morgan fingerprint density at radius 1 is 1.30 bits per heavy atom. The van der Waals surface area contributed by atoms with Gasteiger partial charge in [-0.1, -0.05) is 27.2 Å². The van der Waals surface area contributed by atoms with E-state index in [1.54, 1.807) is 0 Å². The highest BCUT2D eigenvalue weighted by Gasteiger charge is 2.35. The van der Waals surface area contributed by atoms with Gasteiger partial charge in [-0.3, -0.25) is 9.59 Å². The van der Waals surface area contributed by atoms with Crippen LogP contribution in [0.3, 0.4) is 0 Å². The second-order valence-corrected chi connectivity index (χ2v) is 8.92. The number of primary amides is 1. The van der Waals surface area contributed by atoms with E-state index in [9.17, 15) is 14.0 Å². The lowest BCUT2D eigenvalue weighted by atomic mass is 9.69. The molecule has 1 aromatic carbocycles. The number of hydrogen-bond acceptors (Lipinski definition) is 3. The van der Waals surface area contributed by atoms with Crippen molar-refractivity contribution in [2.24, 2.45) is 17.1 Å². The molecule has 1 aromatic heterocycles. The fourth-order valence-corrected chi connectivity index (χ4v) is 4.99. The molecule has 0 fully saturated rings. The fraction of sp³-hybridized carbons (Fsp3) is 0.429. The van der Waals surface area contributed by atoms with Gasteiger partial charge in [-0.2, -0.15) is 0 Å². The first-order chi connectivity index (χ1) is 12.7. The summed E-state index contributed by atoms with van der Waals surface area (Å²) in [5.41, 5.74) is 7.60. The average molecular weight is 389 g/mol. The minimum absolute atomic E-state index is 0.228. The van der Waals surface area contributed by atoms with Crippen molar-refractivity contribution >= 4 is 28.2 Å². The lowest BCUT2D eigenvalue weighted by Gasteiger charge is -2.36. The molecule has 1 atom stereocenters. The fourth-order valence-electron chi connectivity index (χ4n) is 3.67. The molecule has 3 rings (SSSR count). The van der Waals surface area contributed by atoms with E-state index in [0.29, 0.717) is 22.0 Å². The summed E-state index contributed by atoms with van der Waals surface area (Å²) < 4.78 is 13.1. The number of thiophene rings is 1. The van der Waals surface area contributed by atoms with Crippen molar-refractivity contribution in [3.63, 3.8) is 0 Å². The summed E-state index contributed by atoms with van der Waals surface area (Å²) in [5.74, 6) is -0.757. The van der Waals surface area contributed by atoms with E-state index < -0.39 is 11.7 Å². The molecule has 4 nitrogen and oxygen atoms in total. The number of carbonyl (C=O) groups is 2. The monoisotopic (exact) mass is 388 g/mol. The van der Waals surface area contributed by atoms with Gasteiger partial charge in [0.05, 0.1) is 5.56 Å². The first-order valence-corrected chi connectivity index (χ1v) is 10.1. The van der Waals surface area contributed by atoms with Gasteiger partial charge in [-0.05, 0) is 60.4 Å². The minimum atomic E-state index is -0.518. The number of benzene rings is 1. The Hall–Kier alpha value is -2.21. The van der Waals surface area contributed by atoms with E-state index >= 15 is 0 Å². The standard InChI is InChI=1S/C21H25FN2O2S/c1-4-21(2,3)13-7-10-15-16(11-13)27-20(17(15)18(23)25)24-19(26)12-5-8-14(22)9-6-12/h5-6,8-9,13H,4,7,10-11H2,1-3H3,(H2,23,25)(H,24,26)/t13-/m1/s1. The van der Waals surface area contributed by atoms with Crippen LogP contribution in [0, 0.1) is 17.2 Å². The zero-order chi connectivity index (χ0) is 19.8. The summed E-state index contributed by atoms with van der Waals surface area (Å²) in [4.78, 5) is 25.7. The summed E-state index contributed by atoms with van der Waals surface area (Å²) in [6.07, 6.45) is 3.80. The summed E-state index contributed by atoms with van der Waals surface area (Å²) >= 11 is 1.44. The van der Waals surface area contributed by atoms with Crippen LogP contribution in [-0.4, -0.2) is 11.8 Å². The molecule has 0 spiro atoms. The van der Waals surface area contributed by atoms with Crippen LogP contribution in [0.1, 0.15) is 64.8 Å². The largest absolute Gasteiger partial charge is 0.365 e. The number of nitrogens with one attached hydrogen (secondary N) is 1. The smallest absolute Gasteiger partial charge is 0.256 e. The first kappa shape index (κ1) is 19.5. The van der Waals surface area contributed by atoms with Gasteiger partial charge in [0, 0.05) is 10.4 Å². The van der Waals surface area contributed by atoms with Crippen LogP contribution in [0.4, 0.5) is 9.39 Å². The Kier molecular flexibility index (Phi) is 5.38. The number of anilines is 1. The molecule has 6 heteroatoms. The normalized spacial score (nSPS) is 16.7. The summed E-state index contributed by atoms with van der Waals surface area (Å²) in [6, 6.07) is 5.31. The molecule has 3 N–H and O–H groups in total. The average Bonchev–Trinajstić information content (AvgIpc) is 2.99. The molecular formula is C21H25FN2O2S. The first-order valence-electron chi connectivity index (χ1n) is 9.24. The third kappa shape index (κ3) is 3.90. The van der Waals surface area contributed by atoms with Gasteiger partial charge in [-0.15, -0.1) is 11.3 Å². The van der Waals surface area contributed by atoms with Gasteiger partial charge >= 0.3 is 0 Å². The summed E-state index contributed by atoms with van der Waals surface area (Å²) in [7, 11) is 0. The maximum absolute atomic E-state index is 13.1. The Morgan fingerprint density at radius 3 is 2.56 bits per heavy atom. The molecule has 0 bridgehead atoms. The Balaban J connectivity index is 1.90. The van der Waals surface area contributed by atoms with Gasteiger partial charge < -0.3 is 11.1 Å². The highest BCUT2D eigenvalue weighted by Crippen LogP contribution is 2.45. The topological polar surface area (TPSA) is 72.2 Å². The van der Waals surface area contributed by atoms with Crippen molar-refractivity contribution in [3.05, 3.63) is 51.7 Å². The van der Waals surface area contributed by atoms with E-state index in [1.165, 1.54) is 35.6 Å². The predicted octanol–water partition coefficient (Wildman–Crippen LogP) is 4.78. The van der Waals surface area contributed by atoms with Crippen LogP contribution in [0.25, 0.3) is 0 Å². The number of fused-ring (bicyclic) bond motifs is 1. The predicted molar refractivity (Wildman–Crippen MR) is 107 cm³/mol. The van der Waals surface area contributed by atoms with Crippen molar-refractivity contribution in [1.29, 1.82) is 0 Å². The van der Waals surface area contributed by atoms with E-state index in [2.05, 4.69) is 26.1 Å². The Bertz CT molecular complexity index is 871. The number of nitrogens with two attached hydrogens (primary N) is 1. The molecule has 0 saturated heterocycles. The SMILES string of the molecule is CCC(C)(C)[C@@H]1CCc2c(sc(NC(=O)c3ccc(F)cc3)c2C(N)=O)C1. The zero-order valence-corrected chi connectivity index (χ0v) is 16.7. The lowest BCUT2D eigenvalue weighted by Crippen LogP contribution is -2.29. The van der Waals surface area contributed by atoms with E-state index in [1.807, 2.05) is 0 Å². The lowest BCUT2D eigenvalue weighted by molar-refractivity contribution is 0.0999. The van der Waals surface area contributed by atoms with Crippen LogP contribution in [0.2, 0.25) is 0 Å². The molecule has 27 heavy (non-hydrogen) atoms. The van der Waals surface area contributed by atoms with Crippen molar-refractivity contribution in [1.82, 2.24) is 0 Å². The molecule has 2 amide bonds. The van der Waals surface area contributed by atoms with Crippen molar-refractivity contribution in [2.75, 3.05) is 5.32 Å².